The Kier molecular flexibility index (Phi) is 4.78. The molecule has 0 atom stereocenters. The Morgan fingerprint density at radius 3 is 2.00 bits per heavy atom. The van der Waals surface area contributed by atoms with Crippen LogP contribution in [0.15, 0.2) is 70.8 Å². The Morgan fingerprint density at radius 2 is 1.46 bits per heavy atom. The highest BCUT2D eigenvalue weighted by atomic mass is 32.1. The summed E-state index contributed by atoms with van der Waals surface area (Å²) < 4.78 is 5.44. The van der Waals surface area contributed by atoms with Crippen molar-refractivity contribution in [2.75, 3.05) is 0 Å². The van der Waals surface area contributed by atoms with Gasteiger partial charge in [0.15, 0.2) is 0 Å². The lowest BCUT2D eigenvalue weighted by atomic mass is 10.3. The molecular formula is C18H16N2O2S2. The van der Waals surface area contributed by atoms with E-state index >= 15 is 0 Å². The molecule has 2 heterocycles. The van der Waals surface area contributed by atoms with Crippen LogP contribution < -0.4 is 11.1 Å². The fourth-order valence-corrected chi connectivity index (χ4v) is 4.20. The lowest BCUT2D eigenvalue weighted by molar-refractivity contribution is 0.884. The summed E-state index contributed by atoms with van der Waals surface area (Å²) in [4.78, 5) is 22.9. The summed E-state index contributed by atoms with van der Waals surface area (Å²) in [6, 6.07) is 15.3. The lowest BCUT2D eigenvalue weighted by Gasteiger charge is -1.89. The van der Waals surface area contributed by atoms with Gasteiger partial charge in [-0.05, 0) is 24.3 Å². The summed E-state index contributed by atoms with van der Waals surface area (Å²) in [5, 5.41) is 1.62. The number of fused-ring (bicyclic) bond motifs is 2. The van der Waals surface area contributed by atoms with Crippen LogP contribution in [-0.4, -0.2) is 7.91 Å². The molecule has 0 N–H and O–H groups in total. The molecule has 4 aromatic rings. The van der Waals surface area contributed by atoms with Gasteiger partial charge in [-0.25, -0.2) is 0 Å². The van der Waals surface area contributed by atoms with E-state index in [0.29, 0.717) is 6.54 Å². The van der Waals surface area contributed by atoms with E-state index in [2.05, 4.69) is 6.58 Å². The first-order valence-electron chi connectivity index (χ1n) is 7.36. The molecule has 4 rings (SSSR count). The summed E-state index contributed by atoms with van der Waals surface area (Å²) in [7, 11) is 1.78. The van der Waals surface area contributed by atoms with E-state index < -0.39 is 0 Å². The van der Waals surface area contributed by atoms with Crippen molar-refractivity contribution in [2.24, 2.45) is 7.05 Å². The normalized spacial score (nSPS) is 10.5. The van der Waals surface area contributed by atoms with Gasteiger partial charge in [-0.1, -0.05) is 53.4 Å². The van der Waals surface area contributed by atoms with Gasteiger partial charge in [-0.3, -0.25) is 17.5 Å². The first-order chi connectivity index (χ1) is 11.6. The van der Waals surface area contributed by atoms with E-state index in [1.165, 1.54) is 23.1 Å². The number of hydrogen-bond donors (Lipinski definition) is 0. The van der Waals surface area contributed by atoms with Crippen LogP contribution in [0.1, 0.15) is 0 Å². The number of allylic oxidation sites excluding steroid dienone is 1. The molecule has 0 unspecified atom stereocenters. The Hall–Kier alpha value is -2.44. The van der Waals surface area contributed by atoms with Gasteiger partial charge < -0.3 is 0 Å². The van der Waals surface area contributed by atoms with Gasteiger partial charge in [0.05, 0.1) is 26.7 Å². The van der Waals surface area contributed by atoms with Crippen molar-refractivity contribution in [3.05, 3.63) is 81.9 Å². The molecule has 0 saturated heterocycles. The number of benzene rings is 2. The molecule has 2 aromatic heterocycles. The molecular weight excluding hydrogens is 340 g/mol. The van der Waals surface area contributed by atoms with Gasteiger partial charge in [-0.15, -0.1) is 6.58 Å². The minimum Gasteiger partial charge on any atom is -0.268 e. The molecule has 0 aliphatic heterocycles. The second-order valence-electron chi connectivity index (χ2n) is 5.13. The average Bonchev–Trinajstić information content (AvgIpc) is 3.07. The van der Waals surface area contributed by atoms with Crippen LogP contribution in [0, 0.1) is 0 Å². The molecule has 0 bridgehead atoms. The van der Waals surface area contributed by atoms with Gasteiger partial charge in [-0.2, -0.15) is 0 Å². The Labute approximate surface area is 146 Å². The molecule has 0 fully saturated rings. The smallest absolute Gasteiger partial charge is 0.268 e. The third-order valence-corrected chi connectivity index (χ3v) is 5.57. The Balaban J connectivity index is 0.000000143. The number of aromatic nitrogens is 2. The first-order valence-corrected chi connectivity index (χ1v) is 8.91. The molecule has 0 aliphatic carbocycles. The molecule has 122 valence electrons. The fraction of sp³-hybridized carbons (Fsp3) is 0.111. The molecule has 0 spiro atoms. The summed E-state index contributed by atoms with van der Waals surface area (Å²) in [5.41, 5.74) is 0.186. The first kappa shape index (κ1) is 16.4. The maximum Gasteiger partial charge on any atom is 0.268 e. The zero-order valence-corrected chi connectivity index (χ0v) is 14.8. The highest BCUT2D eigenvalue weighted by Crippen LogP contribution is 2.15. The highest BCUT2D eigenvalue weighted by Gasteiger charge is 2.04. The van der Waals surface area contributed by atoms with Crippen molar-refractivity contribution in [2.45, 2.75) is 6.54 Å². The van der Waals surface area contributed by atoms with Gasteiger partial charge in [0, 0.05) is 7.05 Å². The minimum atomic E-state index is 0.0838. The molecule has 0 amide bonds. The number of hydrogen-bond acceptors (Lipinski definition) is 4. The monoisotopic (exact) mass is 356 g/mol. The van der Waals surface area contributed by atoms with Crippen LogP contribution in [0.3, 0.4) is 0 Å². The van der Waals surface area contributed by atoms with Crippen LogP contribution in [0.2, 0.25) is 0 Å². The highest BCUT2D eigenvalue weighted by molar-refractivity contribution is 7.14. The largest absolute Gasteiger partial charge is 0.268 e. The predicted octanol–water partition coefficient (Wildman–Crippen LogP) is 3.85. The van der Waals surface area contributed by atoms with E-state index in [1.807, 2.05) is 48.5 Å². The molecule has 0 aliphatic rings. The third kappa shape index (κ3) is 3.11. The van der Waals surface area contributed by atoms with Crippen LogP contribution in [0.5, 0.6) is 0 Å². The van der Waals surface area contributed by atoms with E-state index in [0.717, 1.165) is 20.2 Å². The third-order valence-electron chi connectivity index (χ3n) is 3.49. The predicted molar refractivity (Wildman–Crippen MR) is 103 cm³/mol. The molecule has 24 heavy (non-hydrogen) atoms. The van der Waals surface area contributed by atoms with Gasteiger partial charge >= 0.3 is 0 Å². The summed E-state index contributed by atoms with van der Waals surface area (Å²) >= 11 is 2.96. The maximum atomic E-state index is 11.6. The number of nitrogens with zero attached hydrogens (tertiary/aromatic N) is 2. The van der Waals surface area contributed by atoms with E-state index in [9.17, 15) is 9.59 Å². The second-order valence-corrected chi connectivity index (χ2v) is 7.37. The van der Waals surface area contributed by atoms with Gasteiger partial charge in [0.1, 0.15) is 0 Å². The van der Waals surface area contributed by atoms with Crippen molar-refractivity contribution >= 4 is 43.2 Å². The van der Waals surface area contributed by atoms with Crippen molar-refractivity contribution in [1.29, 1.82) is 0 Å². The lowest BCUT2D eigenvalue weighted by Crippen LogP contribution is -2.11. The second kappa shape index (κ2) is 6.98. The standard InChI is InChI=1S/C10H9NOS.C8H7NOS/c1-2-7-11-10(12)8-5-3-4-6-9(8)13-11;1-9-8(10)6-4-2-3-5-7(6)11-9/h2-6H,1,7H2;2-5H,1H3. The van der Waals surface area contributed by atoms with Gasteiger partial charge in [0.2, 0.25) is 0 Å². The Bertz CT molecular complexity index is 1120. The summed E-state index contributed by atoms with van der Waals surface area (Å²) in [6.45, 7) is 4.21. The molecule has 4 nitrogen and oxygen atoms in total. The number of aryl methyl sites for hydroxylation is 1. The summed E-state index contributed by atoms with van der Waals surface area (Å²) in [6.07, 6.45) is 1.73. The van der Waals surface area contributed by atoms with Crippen molar-refractivity contribution in [3.8, 4) is 0 Å². The molecule has 2 aromatic carbocycles. The topological polar surface area (TPSA) is 44.0 Å². The molecule has 0 radical (unpaired) electrons. The van der Waals surface area contributed by atoms with Crippen LogP contribution >= 0.6 is 23.1 Å². The molecule has 0 saturated carbocycles. The Morgan fingerprint density at radius 1 is 0.917 bits per heavy atom. The molecule has 6 heteroatoms. The zero-order chi connectivity index (χ0) is 17.1. The van der Waals surface area contributed by atoms with E-state index in [1.54, 1.807) is 21.0 Å². The zero-order valence-electron chi connectivity index (χ0n) is 13.1. The summed E-state index contributed by atoms with van der Waals surface area (Å²) in [5.74, 6) is 0. The van der Waals surface area contributed by atoms with E-state index in [4.69, 9.17) is 0 Å². The van der Waals surface area contributed by atoms with Crippen LogP contribution in [-0.2, 0) is 13.6 Å². The van der Waals surface area contributed by atoms with Crippen molar-refractivity contribution in [1.82, 2.24) is 7.91 Å². The van der Waals surface area contributed by atoms with Crippen molar-refractivity contribution < 1.29 is 0 Å². The fourth-order valence-electron chi connectivity index (χ4n) is 2.34. The van der Waals surface area contributed by atoms with Crippen molar-refractivity contribution in [3.63, 3.8) is 0 Å². The van der Waals surface area contributed by atoms with E-state index in [-0.39, 0.29) is 11.1 Å². The van der Waals surface area contributed by atoms with Crippen LogP contribution in [0.25, 0.3) is 20.2 Å². The quantitative estimate of drug-likeness (QED) is 0.512. The van der Waals surface area contributed by atoms with Crippen LogP contribution in [0.4, 0.5) is 0 Å². The SMILES string of the molecule is C=CCn1sc2ccccc2c1=O.Cn1sc2ccccc2c1=O. The minimum absolute atomic E-state index is 0.0838. The average molecular weight is 356 g/mol. The maximum absolute atomic E-state index is 11.6. The number of rotatable bonds is 2. The van der Waals surface area contributed by atoms with Gasteiger partial charge in [0.25, 0.3) is 11.1 Å².